The fourth-order valence-corrected chi connectivity index (χ4v) is 2.52. The Morgan fingerprint density at radius 1 is 1.38 bits per heavy atom. The van der Waals surface area contributed by atoms with Crippen molar-refractivity contribution < 1.29 is 10.0 Å². The van der Waals surface area contributed by atoms with Gasteiger partial charge in [0.1, 0.15) is 11.5 Å². The van der Waals surface area contributed by atoms with Gasteiger partial charge in [-0.05, 0) is 43.9 Å². The first-order valence-corrected chi connectivity index (χ1v) is 7.07. The molecule has 1 amide bonds. The summed E-state index contributed by atoms with van der Waals surface area (Å²) in [6, 6.07) is 4.14. The molecule has 0 aliphatic heterocycles. The summed E-state index contributed by atoms with van der Waals surface area (Å²) >= 11 is 0. The summed E-state index contributed by atoms with van der Waals surface area (Å²) in [7, 11) is 0. The summed E-state index contributed by atoms with van der Waals surface area (Å²) in [6.07, 6.45) is 0.855. The van der Waals surface area contributed by atoms with Gasteiger partial charge >= 0.3 is 0 Å². The Morgan fingerprint density at radius 3 is 2.71 bits per heavy atom. The normalized spacial score (nSPS) is 11.1. The van der Waals surface area contributed by atoms with E-state index in [0.717, 1.165) is 29.0 Å². The number of hydrogen-bond donors (Lipinski definition) is 3. The summed E-state index contributed by atoms with van der Waals surface area (Å²) in [5.41, 5.74) is 5.81. The number of aromatic nitrogens is 2. The van der Waals surface area contributed by atoms with Crippen molar-refractivity contribution in [2.24, 2.45) is 5.92 Å². The van der Waals surface area contributed by atoms with Crippen molar-refractivity contribution in [2.75, 3.05) is 11.9 Å². The SMILES string of the molecule is Cc1cc(C)n2c(CC(C)C)c(NCC(=O)NO)nc2c1. The highest BCUT2D eigenvalue weighted by atomic mass is 16.5. The van der Waals surface area contributed by atoms with Crippen LogP contribution in [0.3, 0.4) is 0 Å². The Hall–Kier alpha value is -2.08. The zero-order valence-electron chi connectivity index (χ0n) is 12.9. The van der Waals surface area contributed by atoms with E-state index in [0.29, 0.717) is 11.7 Å². The second-order valence-corrected chi connectivity index (χ2v) is 5.76. The van der Waals surface area contributed by atoms with Crippen LogP contribution in [0.5, 0.6) is 0 Å². The first-order chi connectivity index (χ1) is 9.92. The summed E-state index contributed by atoms with van der Waals surface area (Å²) in [4.78, 5) is 15.8. The molecule has 0 radical (unpaired) electrons. The number of carbonyl (C=O) groups is 1. The Kier molecular flexibility index (Phi) is 4.47. The average Bonchev–Trinajstić information content (AvgIpc) is 2.73. The molecule has 0 bridgehead atoms. The minimum atomic E-state index is -0.490. The number of anilines is 1. The van der Waals surface area contributed by atoms with Gasteiger partial charge in [0.05, 0.1) is 12.2 Å². The zero-order valence-corrected chi connectivity index (χ0v) is 12.9. The third kappa shape index (κ3) is 3.33. The topological polar surface area (TPSA) is 78.7 Å². The van der Waals surface area contributed by atoms with Gasteiger partial charge in [0.25, 0.3) is 5.91 Å². The van der Waals surface area contributed by atoms with Crippen LogP contribution >= 0.6 is 0 Å². The maximum Gasteiger partial charge on any atom is 0.262 e. The van der Waals surface area contributed by atoms with E-state index in [-0.39, 0.29) is 6.54 Å². The molecule has 6 nitrogen and oxygen atoms in total. The van der Waals surface area contributed by atoms with E-state index in [1.807, 2.05) is 13.0 Å². The molecule has 0 atom stereocenters. The lowest BCUT2D eigenvalue weighted by Gasteiger charge is -2.11. The summed E-state index contributed by atoms with van der Waals surface area (Å²) < 4.78 is 2.12. The highest BCUT2D eigenvalue weighted by molar-refractivity contribution is 5.79. The number of nitrogens with one attached hydrogen (secondary N) is 2. The van der Waals surface area contributed by atoms with Gasteiger partial charge < -0.3 is 5.32 Å². The maximum atomic E-state index is 11.2. The number of amides is 1. The summed E-state index contributed by atoms with van der Waals surface area (Å²) in [5, 5.41) is 11.6. The highest BCUT2D eigenvalue weighted by Crippen LogP contribution is 2.23. The third-order valence-electron chi connectivity index (χ3n) is 3.29. The van der Waals surface area contributed by atoms with Gasteiger partial charge in [-0.1, -0.05) is 13.8 Å². The van der Waals surface area contributed by atoms with E-state index in [1.165, 1.54) is 0 Å². The molecule has 21 heavy (non-hydrogen) atoms. The number of aryl methyl sites for hydroxylation is 2. The average molecular weight is 290 g/mol. The quantitative estimate of drug-likeness (QED) is 0.582. The molecule has 0 saturated carbocycles. The Balaban J connectivity index is 2.47. The predicted molar refractivity (Wildman–Crippen MR) is 81.6 cm³/mol. The van der Waals surface area contributed by atoms with Crippen molar-refractivity contribution in [1.82, 2.24) is 14.9 Å². The van der Waals surface area contributed by atoms with E-state index in [2.05, 4.69) is 41.5 Å². The van der Waals surface area contributed by atoms with Gasteiger partial charge in [0.15, 0.2) is 0 Å². The lowest BCUT2D eigenvalue weighted by atomic mass is 10.1. The van der Waals surface area contributed by atoms with Gasteiger partial charge in [0, 0.05) is 5.69 Å². The summed E-state index contributed by atoms with van der Waals surface area (Å²) in [5.74, 6) is 0.675. The van der Waals surface area contributed by atoms with E-state index in [9.17, 15) is 4.79 Å². The van der Waals surface area contributed by atoms with Crippen molar-refractivity contribution in [3.8, 4) is 0 Å². The van der Waals surface area contributed by atoms with Crippen LogP contribution in [-0.4, -0.2) is 27.0 Å². The molecule has 2 aromatic rings. The van der Waals surface area contributed by atoms with Crippen LogP contribution in [-0.2, 0) is 11.2 Å². The molecule has 3 N–H and O–H groups in total. The van der Waals surface area contributed by atoms with Crippen molar-refractivity contribution in [2.45, 2.75) is 34.1 Å². The van der Waals surface area contributed by atoms with Crippen molar-refractivity contribution in [3.63, 3.8) is 0 Å². The fraction of sp³-hybridized carbons (Fsp3) is 0.467. The van der Waals surface area contributed by atoms with Crippen molar-refractivity contribution >= 4 is 17.4 Å². The Morgan fingerprint density at radius 2 is 2.10 bits per heavy atom. The van der Waals surface area contributed by atoms with Gasteiger partial charge in [-0.25, -0.2) is 10.5 Å². The van der Waals surface area contributed by atoms with Crippen LogP contribution < -0.4 is 10.8 Å². The molecule has 2 rings (SSSR count). The molecule has 6 heteroatoms. The molecule has 0 unspecified atom stereocenters. The number of rotatable bonds is 5. The van der Waals surface area contributed by atoms with Gasteiger partial charge in [-0.2, -0.15) is 0 Å². The van der Waals surface area contributed by atoms with E-state index >= 15 is 0 Å². The Labute approximate surface area is 124 Å². The summed E-state index contributed by atoms with van der Waals surface area (Å²) in [6.45, 7) is 8.37. The number of pyridine rings is 1. The fourth-order valence-electron chi connectivity index (χ4n) is 2.52. The largest absolute Gasteiger partial charge is 0.359 e. The van der Waals surface area contributed by atoms with Gasteiger partial charge in [-0.3, -0.25) is 14.4 Å². The molecule has 2 aromatic heterocycles. The lowest BCUT2D eigenvalue weighted by Crippen LogP contribution is -2.27. The van der Waals surface area contributed by atoms with Crippen LogP contribution in [0.2, 0.25) is 0 Å². The Bertz CT molecular complexity index is 661. The third-order valence-corrected chi connectivity index (χ3v) is 3.29. The molecule has 0 spiro atoms. The maximum absolute atomic E-state index is 11.2. The van der Waals surface area contributed by atoms with Crippen LogP contribution in [0.15, 0.2) is 12.1 Å². The molecule has 2 heterocycles. The van der Waals surface area contributed by atoms with Crippen molar-refractivity contribution in [3.05, 3.63) is 29.1 Å². The van der Waals surface area contributed by atoms with Crippen LogP contribution in [0.4, 0.5) is 5.82 Å². The first-order valence-electron chi connectivity index (χ1n) is 7.07. The number of hydroxylamine groups is 1. The molecular weight excluding hydrogens is 268 g/mol. The minimum Gasteiger partial charge on any atom is -0.359 e. The molecule has 0 aromatic carbocycles. The smallest absolute Gasteiger partial charge is 0.262 e. The van der Waals surface area contributed by atoms with E-state index < -0.39 is 5.91 Å². The van der Waals surface area contributed by atoms with Gasteiger partial charge in [0.2, 0.25) is 0 Å². The monoisotopic (exact) mass is 290 g/mol. The molecule has 0 aliphatic rings. The molecule has 0 aliphatic carbocycles. The highest BCUT2D eigenvalue weighted by Gasteiger charge is 2.16. The number of fused-ring (bicyclic) bond motifs is 1. The zero-order chi connectivity index (χ0) is 15.6. The van der Waals surface area contributed by atoms with Gasteiger partial charge in [-0.15, -0.1) is 0 Å². The van der Waals surface area contributed by atoms with Crippen molar-refractivity contribution in [1.29, 1.82) is 0 Å². The predicted octanol–water partition coefficient (Wildman–Crippen LogP) is 2.07. The second-order valence-electron chi connectivity index (χ2n) is 5.76. The number of nitrogens with zero attached hydrogens (tertiary/aromatic N) is 2. The minimum absolute atomic E-state index is 0.0104. The first kappa shape index (κ1) is 15.3. The second kappa shape index (κ2) is 6.13. The molecule has 0 saturated heterocycles. The van der Waals surface area contributed by atoms with Crippen LogP contribution in [0.25, 0.3) is 5.65 Å². The number of imidazole rings is 1. The van der Waals surface area contributed by atoms with Crippen LogP contribution in [0.1, 0.15) is 30.8 Å². The molecule has 0 fully saturated rings. The number of hydrogen-bond acceptors (Lipinski definition) is 4. The van der Waals surface area contributed by atoms with Crippen LogP contribution in [0, 0.1) is 19.8 Å². The molecule has 114 valence electrons. The van der Waals surface area contributed by atoms with E-state index in [4.69, 9.17) is 5.21 Å². The number of carbonyl (C=O) groups excluding carboxylic acids is 1. The lowest BCUT2D eigenvalue weighted by molar-refractivity contribution is -0.127. The van der Waals surface area contributed by atoms with E-state index in [1.54, 1.807) is 5.48 Å². The molecular formula is C15H22N4O2. The standard InChI is InChI=1S/C15H22N4O2/c1-9(2)5-12-15(16-8-14(20)18-21)17-13-7-10(3)6-11(4)19(12)13/h6-7,9,16,21H,5,8H2,1-4H3,(H,18,20).